The maximum atomic E-state index is 12.3. The number of hydrogen-bond acceptors (Lipinski definition) is 2. The summed E-state index contributed by atoms with van der Waals surface area (Å²) >= 11 is 6.61. The van der Waals surface area contributed by atoms with Crippen molar-refractivity contribution < 1.29 is 9.90 Å². The topological polar surface area (TPSA) is 40.5 Å². The van der Waals surface area contributed by atoms with E-state index in [2.05, 4.69) is 67.8 Å². The Balaban J connectivity index is 3.12. The summed E-state index contributed by atoms with van der Waals surface area (Å²) in [6.07, 6.45) is 0. The molecule has 3 nitrogen and oxygen atoms in total. The van der Waals surface area contributed by atoms with Crippen molar-refractivity contribution in [1.82, 2.24) is 4.90 Å². The predicted octanol–water partition coefficient (Wildman–Crippen LogP) is 2.95. The van der Waals surface area contributed by atoms with Crippen LogP contribution in [-0.4, -0.2) is 35.6 Å². The van der Waals surface area contributed by atoms with Crippen molar-refractivity contribution in [1.29, 1.82) is 0 Å². The van der Waals surface area contributed by atoms with Gasteiger partial charge in [0.25, 0.3) is 5.91 Å². The number of carbonyl (C=O) groups excluding carboxylic acids is 1. The summed E-state index contributed by atoms with van der Waals surface area (Å²) in [6, 6.07) is 3.75. The lowest BCUT2D eigenvalue weighted by Gasteiger charge is -2.24. The van der Waals surface area contributed by atoms with E-state index in [-0.39, 0.29) is 18.6 Å². The predicted molar refractivity (Wildman–Crippen MR) is 93.2 cm³/mol. The number of rotatable bonds is 3. The molecule has 1 amide bonds. The number of benzene rings is 1. The number of carbonyl (C=O) groups is 1. The molecule has 0 aliphatic carbocycles. The van der Waals surface area contributed by atoms with Crippen molar-refractivity contribution >= 4 is 73.7 Å². The van der Waals surface area contributed by atoms with Gasteiger partial charge in [0.05, 0.1) is 18.2 Å². The third kappa shape index (κ3) is 3.90. The molecule has 0 aromatic heterocycles. The van der Waals surface area contributed by atoms with Crippen LogP contribution in [0.1, 0.15) is 17.3 Å². The molecular weight excluding hydrogens is 559 g/mol. The van der Waals surface area contributed by atoms with Gasteiger partial charge in [0.15, 0.2) is 0 Å². The Kier molecular flexibility index (Phi) is 6.40. The molecule has 1 unspecified atom stereocenters. The highest BCUT2D eigenvalue weighted by Gasteiger charge is 2.20. The lowest BCUT2D eigenvalue weighted by Crippen LogP contribution is -2.37. The van der Waals surface area contributed by atoms with Gasteiger partial charge in [-0.15, -0.1) is 0 Å². The minimum absolute atomic E-state index is 0.0279. The Hall–Kier alpha value is 0.840. The Morgan fingerprint density at radius 2 is 2.00 bits per heavy atom. The summed E-state index contributed by atoms with van der Waals surface area (Å²) in [5, 5.41) is 9.08. The molecule has 6 heteroatoms. The number of likely N-dealkylation sites (N-methyl/N-ethyl adjacent to an activating group) is 1. The number of aliphatic hydroxyl groups is 1. The first-order valence-electron chi connectivity index (χ1n) is 4.91. The Labute approximate surface area is 142 Å². The summed E-state index contributed by atoms with van der Waals surface area (Å²) in [4.78, 5) is 13.8. The van der Waals surface area contributed by atoms with Crippen LogP contribution in [0.5, 0.6) is 0 Å². The first-order chi connectivity index (χ1) is 7.88. The molecule has 1 aromatic carbocycles. The average molecular weight is 571 g/mol. The molecule has 17 heavy (non-hydrogen) atoms. The largest absolute Gasteiger partial charge is 0.394 e. The van der Waals surface area contributed by atoms with Gasteiger partial charge in [0, 0.05) is 17.8 Å². The number of halogens is 3. The number of nitrogens with zero attached hydrogens (tertiary/aromatic N) is 1. The van der Waals surface area contributed by atoms with E-state index in [0.29, 0.717) is 5.56 Å². The van der Waals surface area contributed by atoms with Crippen LogP contribution in [0.4, 0.5) is 0 Å². The van der Waals surface area contributed by atoms with Gasteiger partial charge in [0.2, 0.25) is 0 Å². The smallest absolute Gasteiger partial charge is 0.255 e. The van der Waals surface area contributed by atoms with E-state index in [1.165, 1.54) is 0 Å². The summed E-state index contributed by atoms with van der Waals surface area (Å²) < 4.78 is 3.08. The zero-order valence-corrected chi connectivity index (χ0v) is 15.8. The first-order valence-corrected chi connectivity index (χ1v) is 8.14. The third-order valence-electron chi connectivity index (χ3n) is 2.47. The fraction of sp³-hybridized carbons (Fsp3) is 0.364. The number of amides is 1. The highest BCUT2D eigenvalue weighted by molar-refractivity contribution is 14.1. The van der Waals surface area contributed by atoms with Crippen LogP contribution in [-0.2, 0) is 0 Å². The second-order valence-corrected chi connectivity index (χ2v) is 7.18. The van der Waals surface area contributed by atoms with Gasteiger partial charge >= 0.3 is 0 Å². The summed E-state index contributed by atoms with van der Waals surface area (Å²) in [7, 11) is 1.71. The molecule has 0 aliphatic heterocycles. The van der Waals surface area contributed by atoms with E-state index in [0.717, 1.165) is 10.7 Å². The Morgan fingerprint density at radius 3 is 2.53 bits per heavy atom. The molecule has 0 saturated heterocycles. The second kappa shape index (κ2) is 6.85. The monoisotopic (exact) mass is 571 g/mol. The Bertz CT molecular complexity index is 437. The number of aliphatic hydroxyl groups excluding tert-OH is 1. The van der Waals surface area contributed by atoms with Crippen molar-refractivity contribution in [2.75, 3.05) is 13.7 Å². The summed E-state index contributed by atoms with van der Waals surface area (Å²) in [5.74, 6) is -0.0487. The van der Waals surface area contributed by atoms with Crippen LogP contribution in [0.3, 0.4) is 0 Å². The van der Waals surface area contributed by atoms with Gasteiger partial charge in [-0.2, -0.15) is 0 Å². The molecule has 1 rings (SSSR count). The molecule has 0 bridgehead atoms. The van der Waals surface area contributed by atoms with Crippen molar-refractivity contribution in [2.24, 2.45) is 0 Å². The van der Waals surface area contributed by atoms with Gasteiger partial charge in [-0.05, 0) is 86.8 Å². The SMILES string of the molecule is CC(CO)N(C)C(=O)c1cc(I)cc(I)c1I. The lowest BCUT2D eigenvalue weighted by atomic mass is 10.2. The zero-order chi connectivity index (χ0) is 13.2. The van der Waals surface area contributed by atoms with Crippen LogP contribution in [0.2, 0.25) is 0 Å². The lowest BCUT2D eigenvalue weighted by molar-refractivity contribution is 0.0681. The first kappa shape index (κ1) is 15.9. The third-order valence-corrected chi connectivity index (χ3v) is 6.14. The molecule has 0 saturated carbocycles. The average Bonchev–Trinajstić information content (AvgIpc) is 2.30. The van der Waals surface area contributed by atoms with Crippen LogP contribution in [0, 0.1) is 10.7 Å². The highest BCUT2D eigenvalue weighted by atomic mass is 127. The van der Waals surface area contributed by atoms with E-state index < -0.39 is 0 Å². The van der Waals surface area contributed by atoms with E-state index in [1.54, 1.807) is 11.9 Å². The molecule has 1 N–H and O–H groups in total. The van der Waals surface area contributed by atoms with Crippen molar-refractivity contribution in [3.05, 3.63) is 28.4 Å². The zero-order valence-electron chi connectivity index (χ0n) is 9.38. The van der Waals surface area contributed by atoms with Gasteiger partial charge in [-0.1, -0.05) is 0 Å². The van der Waals surface area contributed by atoms with Gasteiger partial charge in [0.1, 0.15) is 0 Å². The maximum Gasteiger partial charge on any atom is 0.255 e. The highest BCUT2D eigenvalue weighted by Crippen LogP contribution is 2.24. The van der Waals surface area contributed by atoms with Crippen LogP contribution in [0.15, 0.2) is 12.1 Å². The number of hydrogen-bond donors (Lipinski definition) is 1. The minimum atomic E-state index is -0.172. The van der Waals surface area contributed by atoms with Crippen molar-refractivity contribution in [3.8, 4) is 0 Å². The molecule has 94 valence electrons. The van der Waals surface area contributed by atoms with Crippen LogP contribution in [0.25, 0.3) is 0 Å². The van der Waals surface area contributed by atoms with Crippen molar-refractivity contribution in [2.45, 2.75) is 13.0 Å². The van der Waals surface area contributed by atoms with Gasteiger partial charge in [-0.3, -0.25) is 4.79 Å². The molecule has 0 heterocycles. The normalized spacial score (nSPS) is 12.4. The van der Waals surface area contributed by atoms with E-state index >= 15 is 0 Å². The second-order valence-electron chi connectivity index (χ2n) is 3.70. The van der Waals surface area contributed by atoms with E-state index in [9.17, 15) is 4.79 Å². The van der Waals surface area contributed by atoms with Gasteiger partial charge < -0.3 is 10.0 Å². The van der Waals surface area contributed by atoms with Crippen LogP contribution < -0.4 is 0 Å². The molecular formula is C11H12I3NO2. The van der Waals surface area contributed by atoms with E-state index in [4.69, 9.17) is 5.11 Å². The molecule has 0 fully saturated rings. The molecule has 0 aliphatic rings. The molecule has 0 spiro atoms. The fourth-order valence-corrected chi connectivity index (χ4v) is 3.61. The van der Waals surface area contributed by atoms with Crippen molar-refractivity contribution in [3.63, 3.8) is 0 Å². The standard InChI is InChI=1S/C11H12I3NO2/c1-6(5-16)15(2)11(17)8-3-7(12)4-9(13)10(8)14/h3-4,6,16H,5H2,1-2H3. The van der Waals surface area contributed by atoms with Gasteiger partial charge in [-0.25, -0.2) is 0 Å². The molecule has 1 atom stereocenters. The summed E-state index contributed by atoms with van der Waals surface area (Å²) in [5.41, 5.74) is 0.699. The van der Waals surface area contributed by atoms with E-state index in [1.807, 2.05) is 19.1 Å². The quantitative estimate of drug-likeness (QED) is 0.449. The minimum Gasteiger partial charge on any atom is -0.394 e. The Morgan fingerprint density at radius 1 is 1.41 bits per heavy atom. The molecule has 1 aromatic rings. The fourth-order valence-electron chi connectivity index (χ4n) is 1.22. The maximum absolute atomic E-state index is 12.3. The molecule has 0 radical (unpaired) electrons. The van der Waals surface area contributed by atoms with Crippen LogP contribution >= 0.6 is 67.8 Å². The summed E-state index contributed by atoms with van der Waals surface area (Å²) in [6.45, 7) is 1.80.